The summed E-state index contributed by atoms with van der Waals surface area (Å²) in [6, 6.07) is 2.89. The summed E-state index contributed by atoms with van der Waals surface area (Å²) in [5, 5.41) is 5.43. The molecule has 0 aromatic carbocycles. The molecule has 2 aromatic heterocycles. The lowest BCUT2D eigenvalue weighted by Crippen LogP contribution is -2.33. The Hall–Kier alpha value is -2.08. The molecule has 2 rings (SSSR count). The highest BCUT2D eigenvalue weighted by molar-refractivity contribution is 7.09. The van der Waals surface area contributed by atoms with Crippen LogP contribution in [0.1, 0.15) is 34.0 Å². The van der Waals surface area contributed by atoms with E-state index in [2.05, 4.69) is 15.3 Å². The summed E-state index contributed by atoms with van der Waals surface area (Å²) >= 11 is 1.51. The number of Topliss-reactive ketones (excluding diaryl/α,β-unsaturated/α-hetero) is 1. The Balaban J connectivity index is 2.03. The fourth-order valence-corrected chi connectivity index (χ4v) is 2.25. The molecule has 0 spiro atoms. The van der Waals surface area contributed by atoms with Crippen molar-refractivity contribution in [3.63, 3.8) is 0 Å². The Morgan fingerprint density at radius 3 is 2.79 bits per heavy atom. The Bertz CT molecular complexity index is 595. The lowest BCUT2D eigenvalue weighted by Gasteiger charge is -2.10. The number of hydrogen-bond acceptors (Lipinski definition) is 5. The third kappa shape index (κ3) is 3.23. The van der Waals surface area contributed by atoms with Crippen molar-refractivity contribution in [3.8, 4) is 0 Å². The first-order chi connectivity index (χ1) is 9.08. The summed E-state index contributed by atoms with van der Waals surface area (Å²) in [5.41, 5.74) is 1.04. The number of rotatable bonds is 4. The number of carbonyl (C=O) groups is 2. The zero-order valence-electron chi connectivity index (χ0n) is 10.6. The van der Waals surface area contributed by atoms with Gasteiger partial charge in [0, 0.05) is 23.3 Å². The zero-order valence-corrected chi connectivity index (χ0v) is 11.4. The van der Waals surface area contributed by atoms with E-state index in [9.17, 15) is 9.59 Å². The fraction of sp³-hybridized carbons (Fsp3) is 0.231. The van der Waals surface area contributed by atoms with Crippen LogP contribution < -0.4 is 5.32 Å². The van der Waals surface area contributed by atoms with E-state index in [-0.39, 0.29) is 11.6 Å². The maximum absolute atomic E-state index is 11.8. The Morgan fingerprint density at radius 1 is 1.42 bits per heavy atom. The van der Waals surface area contributed by atoms with Crippen molar-refractivity contribution in [1.82, 2.24) is 15.3 Å². The van der Waals surface area contributed by atoms with Crippen molar-refractivity contribution in [2.24, 2.45) is 0 Å². The van der Waals surface area contributed by atoms with Crippen LogP contribution in [-0.4, -0.2) is 21.7 Å². The van der Waals surface area contributed by atoms with E-state index in [1.54, 1.807) is 25.3 Å². The number of aryl methyl sites for hydroxylation is 1. The lowest BCUT2D eigenvalue weighted by atomic mass is 10.1. The molecule has 5 nitrogen and oxygen atoms in total. The van der Waals surface area contributed by atoms with Gasteiger partial charge < -0.3 is 5.32 Å². The van der Waals surface area contributed by atoms with E-state index in [4.69, 9.17) is 0 Å². The first-order valence-electron chi connectivity index (χ1n) is 5.75. The SMILES string of the molecule is Cc1nc([C@H](C)NC(=O)C(=O)c2cccnc2)cs1. The molecule has 0 aliphatic carbocycles. The molecule has 0 aliphatic heterocycles. The summed E-state index contributed by atoms with van der Waals surface area (Å²) in [6.45, 7) is 3.69. The molecule has 1 amide bonds. The second-order valence-electron chi connectivity index (χ2n) is 4.06. The minimum absolute atomic E-state index is 0.279. The third-order valence-electron chi connectivity index (χ3n) is 2.56. The molecule has 1 atom stereocenters. The Labute approximate surface area is 114 Å². The summed E-state index contributed by atoms with van der Waals surface area (Å²) < 4.78 is 0. The first kappa shape index (κ1) is 13.4. The fourth-order valence-electron chi connectivity index (χ4n) is 1.54. The van der Waals surface area contributed by atoms with Gasteiger partial charge in [0.2, 0.25) is 0 Å². The maximum Gasteiger partial charge on any atom is 0.292 e. The van der Waals surface area contributed by atoms with Crippen molar-refractivity contribution >= 4 is 23.0 Å². The van der Waals surface area contributed by atoms with Gasteiger partial charge in [-0.15, -0.1) is 11.3 Å². The Kier molecular flexibility index (Phi) is 4.01. The zero-order chi connectivity index (χ0) is 13.8. The van der Waals surface area contributed by atoms with Crippen molar-refractivity contribution < 1.29 is 9.59 Å². The predicted octanol–water partition coefficient (Wildman–Crippen LogP) is 1.91. The van der Waals surface area contributed by atoms with Crippen molar-refractivity contribution in [2.45, 2.75) is 19.9 Å². The quantitative estimate of drug-likeness (QED) is 0.683. The molecule has 19 heavy (non-hydrogen) atoms. The van der Waals surface area contributed by atoms with Gasteiger partial charge in [-0.05, 0) is 26.0 Å². The highest BCUT2D eigenvalue weighted by Crippen LogP contribution is 2.15. The third-order valence-corrected chi connectivity index (χ3v) is 3.35. The van der Waals surface area contributed by atoms with Crippen molar-refractivity contribution in [2.75, 3.05) is 0 Å². The minimum atomic E-state index is -0.647. The van der Waals surface area contributed by atoms with Gasteiger partial charge in [-0.25, -0.2) is 4.98 Å². The van der Waals surface area contributed by atoms with Gasteiger partial charge in [0.25, 0.3) is 11.7 Å². The van der Waals surface area contributed by atoms with Crippen LogP contribution in [0.2, 0.25) is 0 Å². The molecule has 6 heteroatoms. The minimum Gasteiger partial charge on any atom is -0.341 e. The average Bonchev–Trinajstić information content (AvgIpc) is 2.85. The predicted molar refractivity (Wildman–Crippen MR) is 72.0 cm³/mol. The Morgan fingerprint density at radius 2 is 2.21 bits per heavy atom. The highest BCUT2D eigenvalue weighted by Gasteiger charge is 2.19. The van der Waals surface area contributed by atoms with Crippen LogP contribution >= 0.6 is 11.3 Å². The molecule has 2 aromatic rings. The molecule has 0 aliphatic rings. The van der Waals surface area contributed by atoms with Gasteiger partial charge in [-0.1, -0.05) is 0 Å². The van der Waals surface area contributed by atoms with Crippen LogP contribution in [0.5, 0.6) is 0 Å². The van der Waals surface area contributed by atoms with E-state index in [0.717, 1.165) is 10.7 Å². The normalized spacial score (nSPS) is 11.9. The van der Waals surface area contributed by atoms with Crippen LogP contribution in [0.3, 0.4) is 0 Å². The second-order valence-corrected chi connectivity index (χ2v) is 5.12. The van der Waals surface area contributed by atoms with E-state index in [1.165, 1.54) is 17.5 Å². The number of amides is 1. The molecule has 2 heterocycles. The molecule has 98 valence electrons. The molecule has 0 saturated heterocycles. The lowest BCUT2D eigenvalue weighted by molar-refractivity contribution is -0.117. The molecule has 0 unspecified atom stereocenters. The number of thiazole rings is 1. The topological polar surface area (TPSA) is 72.0 Å². The molecule has 0 bridgehead atoms. The first-order valence-corrected chi connectivity index (χ1v) is 6.63. The summed E-state index contributed by atoms with van der Waals surface area (Å²) in [6.07, 6.45) is 2.93. The van der Waals surface area contributed by atoms with Crippen molar-refractivity contribution in [3.05, 3.63) is 46.2 Å². The van der Waals surface area contributed by atoms with Crippen LogP contribution in [0, 0.1) is 6.92 Å². The highest BCUT2D eigenvalue weighted by atomic mass is 32.1. The number of hydrogen-bond donors (Lipinski definition) is 1. The molecule has 0 saturated carbocycles. The van der Waals surface area contributed by atoms with Crippen LogP contribution in [0.25, 0.3) is 0 Å². The van der Waals surface area contributed by atoms with Crippen LogP contribution in [0.4, 0.5) is 0 Å². The van der Waals surface area contributed by atoms with Gasteiger partial charge in [0.15, 0.2) is 0 Å². The van der Waals surface area contributed by atoms with E-state index < -0.39 is 11.7 Å². The number of carbonyl (C=O) groups excluding carboxylic acids is 2. The monoisotopic (exact) mass is 275 g/mol. The number of aromatic nitrogens is 2. The van der Waals surface area contributed by atoms with Gasteiger partial charge in [-0.3, -0.25) is 14.6 Å². The summed E-state index contributed by atoms with van der Waals surface area (Å²) in [5.74, 6) is -1.24. The number of ketones is 1. The van der Waals surface area contributed by atoms with E-state index in [1.807, 2.05) is 12.3 Å². The van der Waals surface area contributed by atoms with E-state index in [0.29, 0.717) is 0 Å². The standard InChI is InChI=1S/C13H13N3O2S/c1-8(11-7-19-9(2)16-11)15-13(18)12(17)10-4-3-5-14-6-10/h3-8H,1-2H3,(H,15,18)/t8-/m0/s1. The largest absolute Gasteiger partial charge is 0.341 e. The molecule has 0 radical (unpaired) electrons. The van der Waals surface area contributed by atoms with Gasteiger partial charge >= 0.3 is 0 Å². The van der Waals surface area contributed by atoms with Crippen LogP contribution in [0.15, 0.2) is 29.9 Å². The number of nitrogens with one attached hydrogen (secondary N) is 1. The smallest absolute Gasteiger partial charge is 0.292 e. The number of nitrogens with zero attached hydrogens (tertiary/aromatic N) is 2. The van der Waals surface area contributed by atoms with Crippen molar-refractivity contribution in [1.29, 1.82) is 0 Å². The molecular formula is C13H13N3O2S. The van der Waals surface area contributed by atoms with Gasteiger partial charge in [0.05, 0.1) is 16.7 Å². The number of pyridine rings is 1. The van der Waals surface area contributed by atoms with E-state index >= 15 is 0 Å². The average molecular weight is 275 g/mol. The van der Waals surface area contributed by atoms with Gasteiger partial charge in [0.1, 0.15) is 0 Å². The second kappa shape index (κ2) is 5.71. The molecule has 0 fully saturated rings. The molecule has 1 N–H and O–H groups in total. The summed E-state index contributed by atoms with van der Waals surface area (Å²) in [4.78, 5) is 31.8. The maximum atomic E-state index is 11.8. The van der Waals surface area contributed by atoms with Crippen LogP contribution in [-0.2, 0) is 4.79 Å². The summed E-state index contributed by atoms with van der Waals surface area (Å²) in [7, 11) is 0. The van der Waals surface area contributed by atoms with Gasteiger partial charge in [-0.2, -0.15) is 0 Å². The molecular weight excluding hydrogens is 262 g/mol.